The van der Waals surface area contributed by atoms with E-state index in [0.717, 1.165) is 5.56 Å². The van der Waals surface area contributed by atoms with E-state index in [1.165, 1.54) is 0 Å². The van der Waals surface area contributed by atoms with Gasteiger partial charge in [0.2, 0.25) is 0 Å². The number of carbonyl (C=O) groups excluding carboxylic acids is 2. The van der Waals surface area contributed by atoms with Crippen molar-refractivity contribution in [2.45, 2.75) is 26.4 Å². The molecule has 5 nitrogen and oxygen atoms in total. The van der Waals surface area contributed by atoms with Gasteiger partial charge < -0.3 is 15.2 Å². The van der Waals surface area contributed by atoms with Crippen LogP contribution in [0.15, 0.2) is 36.4 Å². The summed E-state index contributed by atoms with van der Waals surface area (Å²) in [6.07, 6.45) is 0.637. The number of rotatable bonds is 7. The number of anilines is 1. The van der Waals surface area contributed by atoms with Gasteiger partial charge >= 0.3 is 11.9 Å². The number of hydrogen-bond acceptors (Lipinski definition) is 5. The van der Waals surface area contributed by atoms with Crippen molar-refractivity contribution in [3.63, 3.8) is 0 Å². The fourth-order valence-electron chi connectivity index (χ4n) is 1.35. The molecule has 1 aromatic rings. The van der Waals surface area contributed by atoms with Crippen molar-refractivity contribution in [2.24, 2.45) is 0 Å². The first-order valence-electron chi connectivity index (χ1n) is 6.31. The second-order valence-corrected chi connectivity index (χ2v) is 4.42. The molecule has 0 aromatic heterocycles. The summed E-state index contributed by atoms with van der Waals surface area (Å²) in [5, 5.41) is 0. The summed E-state index contributed by atoms with van der Waals surface area (Å²) in [6.45, 7) is 5.43. The Morgan fingerprint density at radius 1 is 1.20 bits per heavy atom. The lowest BCUT2D eigenvalue weighted by molar-refractivity contribution is -0.147. The molecule has 0 aliphatic heterocycles. The first kappa shape index (κ1) is 15.8. The monoisotopic (exact) mass is 277 g/mol. The molecule has 0 saturated heterocycles. The number of hydrogen-bond donors (Lipinski definition) is 1. The Balaban J connectivity index is 2.16. The Morgan fingerprint density at radius 3 is 2.45 bits per heavy atom. The zero-order valence-corrected chi connectivity index (χ0v) is 11.6. The Kier molecular flexibility index (Phi) is 6.29. The molecule has 0 heterocycles. The van der Waals surface area contributed by atoms with E-state index in [1.807, 2.05) is 0 Å². The molecule has 0 amide bonds. The SMILES string of the molecule is C=C(C)C(=O)OCCCC(=O)OCc1ccc(N)cc1. The highest BCUT2D eigenvalue weighted by Crippen LogP contribution is 2.07. The van der Waals surface area contributed by atoms with Crippen molar-refractivity contribution in [3.8, 4) is 0 Å². The number of ether oxygens (including phenoxy) is 2. The van der Waals surface area contributed by atoms with E-state index >= 15 is 0 Å². The molecule has 0 radical (unpaired) electrons. The quantitative estimate of drug-likeness (QED) is 0.358. The van der Waals surface area contributed by atoms with Crippen LogP contribution in [0.2, 0.25) is 0 Å². The van der Waals surface area contributed by atoms with Gasteiger partial charge in [-0.2, -0.15) is 0 Å². The van der Waals surface area contributed by atoms with Crippen LogP contribution in [0.3, 0.4) is 0 Å². The van der Waals surface area contributed by atoms with Gasteiger partial charge in [-0.15, -0.1) is 0 Å². The zero-order valence-electron chi connectivity index (χ0n) is 11.6. The van der Waals surface area contributed by atoms with Crippen LogP contribution in [0.5, 0.6) is 0 Å². The standard InChI is InChI=1S/C15H19NO4/c1-11(2)15(18)19-9-3-4-14(17)20-10-12-5-7-13(16)8-6-12/h5-8H,1,3-4,9-10,16H2,2H3. The second-order valence-electron chi connectivity index (χ2n) is 4.42. The Hall–Kier alpha value is -2.30. The minimum absolute atomic E-state index is 0.183. The maximum atomic E-state index is 11.5. The van der Waals surface area contributed by atoms with E-state index in [1.54, 1.807) is 31.2 Å². The summed E-state index contributed by atoms with van der Waals surface area (Å²) in [6, 6.07) is 7.11. The third-order valence-corrected chi connectivity index (χ3v) is 2.49. The first-order chi connectivity index (χ1) is 9.49. The van der Waals surface area contributed by atoms with E-state index in [0.29, 0.717) is 17.7 Å². The predicted molar refractivity (Wildman–Crippen MR) is 75.7 cm³/mol. The highest BCUT2D eigenvalue weighted by molar-refractivity contribution is 5.86. The molecular formula is C15H19NO4. The van der Waals surface area contributed by atoms with Crippen molar-refractivity contribution in [1.29, 1.82) is 0 Å². The van der Waals surface area contributed by atoms with E-state index in [-0.39, 0.29) is 25.6 Å². The van der Waals surface area contributed by atoms with Crippen molar-refractivity contribution in [3.05, 3.63) is 42.0 Å². The molecule has 1 aromatic carbocycles. The normalized spacial score (nSPS) is 9.85. The smallest absolute Gasteiger partial charge is 0.333 e. The summed E-state index contributed by atoms with van der Waals surface area (Å²) < 4.78 is 9.95. The Labute approximate surface area is 118 Å². The fourth-order valence-corrected chi connectivity index (χ4v) is 1.35. The van der Waals surface area contributed by atoms with Crippen LogP contribution in [0.4, 0.5) is 5.69 Å². The van der Waals surface area contributed by atoms with Crippen molar-refractivity contribution in [2.75, 3.05) is 12.3 Å². The molecular weight excluding hydrogens is 258 g/mol. The Bertz CT molecular complexity index is 479. The average molecular weight is 277 g/mol. The van der Waals surface area contributed by atoms with Crippen LogP contribution in [0.1, 0.15) is 25.3 Å². The van der Waals surface area contributed by atoms with E-state index < -0.39 is 5.97 Å². The van der Waals surface area contributed by atoms with Crippen LogP contribution in [-0.4, -0.2) is 18.5 Å². The van der Waals surface area contributed by atoms with Crippen molar-refractivity contribution >= 4 is 17.6 Å². The minimum Gasteiger partial charge on any atom is -0.462 e. The van der Waals surface area contributed by atoms with E-state index in [2.05, 4.69) is 6.58 Å². The number of nitrogen functional groups attached to an aromatic ring is 1. The molecule has 0 bridgehead atoms. The first-order valence-corrected chi connectivity index (χ1v) is 6.31. The lowest BCUT2D eigenvalue weighted by Crippen LogP contribution is -2.09. The van der Waals surface area contributed by atoms with Gasteiger partial charge in [-0.3, -0.25) is 4.79 Å². The molecule has 0 aliphatic carbocycles. The highest BCUT2D eigenvalue weighted by atomic mass is 16.5. The topological polar surface area (TPSA) is 78.6 Å². The maximum Gasteiger partial charge on any atom is 0.333 e. The van der Waals surface area contributed by atoms with Gasteiger partial charge in [-0.1, -0.05) is 18.7 Å². The van der Waals surface area contributed by atoms with Gasteiger partial charge in [0.25, 0.3) is 0 Å². The molecule has 20 heavy (non-hydrogen) atoms. The largest absolute Gasteiger partial charge is 0.462 e. The van der Waals surface area contributed by atoms with Crippen LogP contribution < -0.4 is 5.73 Å². The molecule has 1 rings (SSSR count). The molecule has 0 spiro atoms. The van der Waals surface area contributed by atoms with E-state index in [4.69, 9.17) is 15.2 Å². The van der Waals surface area contributed by atoms with Gasteiger partial charge in [-0.25, -0.2) is 4.79 Å². The van der Waals surface area contributed by atoms with E-state index in [9.17, 15) is 9.59 Å². The van der Waals surface area contributed by atoms with Crippen LogP contribution >= 0.6 is 0 Å². The number of benzene rings is 1. The van der Waals surface area contributed by atoms with Gasteiger partial charge in [0.15, 0.2) is 0 Å². The summed E-state index contributed by atoms with van der Waals surface area (Å²) in [5.41, 5.74) is 7.44. The van der Waals surface area contributed by atoms with Crippen molar-refractivity contribution < 1.29 is 19.1 Å². The lowest BCUT2D eigenvalue weighted by Gasteiger charge is -2.06. The zero-order chi connectivity index (χ0) is 15.0. The molecule has 0 aliphatic rings. The molecule has 2 N–H and O–H groups in total. The third kappa shape index (κ3) is 6.04. The van der Waals surface area contributed by atoms with Crippen LogP contribution in [0.25, 0.3) is 0 Å². The summed E-state index contributed by atoms with van der Waals surface area (Å²) in [4.78, 5) is 22.5. The Morgan fingerprint density at radius 2 is 1.85 bits per heavy atom. The van der Waals surface area contributed by atoms with Gasteiger partial charge in [0.1, 0.15) is 6.61 Å². The lowest BCUT2D eigenvalue weighted by atomic mass is 10.2. The molecule has 0 unspecified atom stereocenters. The second kappa shape index (κ2) is 7.99. The number of nitrogens with two attached hydrogens (primary N) is 1. The molecule has 0 atom stereocenters. The summed E-state index contributed by atoms with van der Waals surface area (Å²) in [5.74, 6) is -0.770. The van der Waals surface area contributed by atoms with Gasteiger partial charge in [0, 0.05) is 17.7 Å². The maximum absolute atomic E-state index is 11.5. The minimum atomic E-state index is -0.444. The predicted octanol–water partition coefficient (Wildman–Crippen LogP) is 2.21. The molecule has 0 saturated carbocycles. The summed E-state index contributed by atoms with van der Waals surface area (Å²) in [7, 11) is 0. The summed E-state index contributed by atoms with van der Waals surface area (Å²) >= 11 is 0. The average Bonchev–Trinajstić information content (AvgIpc) is 2.42. The van der Waals surface area contributed by atoms with Crippen LogP contribution in [0, 0.1) is 0 Å². The third-order valence-electron chi connectivity index (χ3n) is 2.49. The number of esters is 2. The molecule has 5 heteroatoms. The highest BCUT2D eigenvalue weighted by Gasteiger charge is 2.06. The fraction of sp³-hybridized carbons (Fsp3) is 0.333. The van der Waals surface area contributed by atoms with Gasteiger partial charge in [-0.05, 0) is 31.0 Å². The molecule has 108 valence electrons. The van der Waals surface area contributed by atoms with Crippen LogP contribution in [-0.2, 0) is 25.7 Å². The number of carbonyl (C=O) groups is 2. The van der Waals surface area contributed by atoms with Gasteiger partial charge in [0.05, 0.1) is 6.61 Å². The van der Waals surface area contributed by atoms with Crippen molar-refractivity contribution in [1.82, 2.24) is 0 Å². The molecule has 0 fully saturated rings.